The summed E-state index contributed by atoms with van der Waals surface area (Å²) in [4.78, 5) is 12.1. The number of carbonyl (C=O) groups excluding carboxylic acids is 1. The summed E-state index contributed by atoms with van der Waals surface area (Å²) in [6.45, 7) is 2.21. The topological polar surface area (TPSA) is 29.1 Å². The van der Waals surface area contributed by atoms with E-state index in [1.165, 1.54) is 19.3 Å². The first-order valence-corrected chi connectivity index (χ1v) is 6.61. The monoisotopic (exact) mass is 251 g/mol. The molecule has 1 aromatic rings. The van der Waals surface area contributed by atoms with E-state index in [1.54, 1.807) is 12.1 Å². The van der Waals surface area contributed by atoms with Gasteiger partial charge in [-0.2, -0.15) is 0 Å². The van der Waals surface area contributed by atoms with Crippen molar-refractivity contribution in [1.29, 1.82) is 0 Å². The third kappa shape index (κ3) is 3.01. The van der Waals surface area contributed by atoms with Crippen LogP contribution in [-0.2, 0) is 0 Å². The Morgan fingerprint density at radius 1 is 1.29 bits per heavy atom. The van der Waals surface area contributed by atoms with Gasteiger partial charge in [0, 0.05) is 6.04 Å². The van der Waals surface area contributed by atoms with Crippen molar-refractivity contribution >= 4 is 17.5 Å². The molecule has 92 valence electrons. The molecule has 1 amide bonds. The Bertz CT molecular complexity index is 405. The smallest absolute Gasteiger partial charge is 0.253 e. The van der Waals surface area contributed by atoms with Gasteiger partial charge in [-0.05, 0) is 30.9 Å². The van der Waals surface area contributed by atoms with Crippen molar-refractivity contribution in [3.63, 3.8) is 0 Å². The van der Waals surface area contributed by atoms with Crippen molar-refractivity contribution in [2.24, 2.45) is 5.92 Å². The van der Waals surface area contributed by atoms with E-state index in [2.05, 4.69) is 12.2 Å². The molecule has 0 aromatic heterocycles. The van der Waals surface area contributed by atoms with Crippen LogP contribution in [-0.4, -0.2) is 11.9 Å². The predicted octanol–water partition coefficient (Wildman–Crippen LogP) is 3.65. The van der Waals surface area contributed by atoms with Crippen LogP contribution in [0.1, 0.15) is 43.0 Å². The standard InChI is InChI=1S/C14H18ClNO/c1-10-6-2-5-9-13(10)16-14(17)11-7-3-4-8-12(11)15/h3-4,7-8,10,13H,2,5-6,9H2,1H3,(H,16,17)/t10-,13-/m0/s1. The molecule has 0 heterocycles. The number of halogens is 1. The molecule has 1 fully saturated rings. The summed E-state index contributed by atoms with van der Waals surface area (Å²) in [7, 11) is 0. The molecule has 2 atom stereocenters. The van der Waals surface area contributed by atoms with Gasteiger partial charge in [-0.1, -0.05) is 43.5 Å². The van der Waals surface area contributed by atoms with Gasteiger partial charge in [-0.15, -0.1) is 0 Å². The molecule has 2 rings (SSSR count). The average molecular weight is 252 g/mol. The third-order valence-corrected chi connectivity index (χ3v) is 3.88. The van der Waals surface area contributed by atoms with Crippen LogP contribution in [0, 0.1) is 5.92 Å². The number of benzene rings is 1. The molecule has 1 aliphatic carbocycles. The number of rotatable bonds is 2. The fourth-order valence-electron chi connectivity index (χ4n) is 2.42. The predicted molar refractivity (Wildman–Crippen MR) is 70.3 cm³/mol. The van der Waals surface area contributed by atoms with Crippen LogP contribution < -0.4 is 5.32 Å². The third-order valence-electron chi connectivity index (χ3n) is 3.55. The first-order chi connectivity index (χ1) is 8.18. The number of hydrogen-bond donors (Lipinski definition) is 1. The Labute approximate surface area is 107 Å². The highest BCUT2D eigenvalue weighted by Crippen LogP contribution is 2.24. The second-order valence-electron chi connectivity index (χ2n) is 4.82. The Kier molecular flexibility index (Phi) is 4.06. The van der Waals surface area contributed by atoms with Gasteiger partial charge in [-0.3, -0.25) is 4.79 Å². The Hall–Kier alpha value is -1.02. The maximum Gasteiger partial charge on any atom is 0.253 e. The van der Waals surface area contributed by atoms with Crippen molar-refractivity contribution in [3.05, 3.63) is 34.9 Å². The van der Waals surface area contributed by atoms with E-state index >= 15 is 0 Å². The van der Waals surface area contributed by atoms with Crippen LogP contribution >= 0.6 is 11.6 Å². The van der Waals surface area contributed by atoms with Crippen LogP contribution in [0.5, 0.6) is 0 Å². The van der Waals surface area contributed by atoms with E-state index in [0.29, 0.717) is 22.5 Å². The molecular weight excluding hydrogens is 234 g/mol. The lowest BCUT2D eigenvalue weighted by Crippen LogP contribution is -2.41. The van der Waals surface area contributed by atoms with Gasteiger partial charge in [0.2, 0.25) is 0 Å². The molecule has 1 aromatic carbocycles. The quantitative estimate of drug-likeness (QED) is 0.854. The fourth-order valence-corrected chi connectivity index (χ4v) is 2.64. The van der Waals surface area contributed by atoms with E-state index in [4.69, 9.17) is 11.6 Å². The number of amides is 1. The normalized spacial score (nSPS) is 24.4. The molecule has 0 unspecified atom stereocenters. The Balaban J connectivity index is 2.04. The van der Waals surface area contributed by atoms with Crippen LogP contribution in [0.2, 0.25) is 5.02 Å². The number of nitrogens with one attached hydrogen (secondary N) is 1. The highest BCUT2D eigenvalue weighted by Gasteiger charge is 2.23. The van der Waals surface area contributed by atoms with Crippen LogP contribution in [0.15, 0.2) is 24.3 Å². The minimum Gasteiger partial charge on any atom is -0.349 e. The van der Waals surface area contributed by atoms with Gasteiger partial charge in [0.25, 0.3) is 5.91 Å². The first kappa shape index (κ1) is 12.4. The molecular formula is C14H18ClNO. The van der Waals surface area contributed by atoms with Crippen molar-refractivity contribution < 1.29 is 4.79 Å². The zero-order chi connectivity index (χ0) is 12.3. The molecule has 0 aliphatic heterocycles. The van der Waals surface area contributed by atoms with Gasteiger partial charge in [0.15, 0.2) is 0 Å². The summed E-state index contributed by atoms with van der Waals surface area (Å²) in [5.41, 5.74) is 0.576. The van der Waals surface area contributed by atoms with E-state index in [9.17, 15) is 4.79 Å². The highest BCUT2D eigenvalue weighted by molar-refractivity contribution is 6.33. The molecule has 2 nitrogen and oxygen atoms in total. The number of hydrogen-bond acceptors (Lipinski definition) is 1. The van der Waals surface area contributed by atoms with Crippen molar-refractivity contribution in [2.45, 2.75) is 38.6 Å². The molecule has 3 heteroatoms. The SMILES string of the molecule is C[C@H]1CCCC[C@@H]1NC(=O)c1ccccc1Cl. The second-order valence-corrected chi connectivity index (χ2v) is 5.23. The maximum atomic E-state index is 12.1. The molecule has 17 heavy (non-hydrogen) atoms. The summed E-state index contributed by atoms with van der Waals surface area (Å²) in [5.74, 6) is 0.518. The van der Waals surface area contributed by atoms with Crippen molar-refractivity contribution in [3.8, 4) is 0 Å². The second kappa shape index (κ2) is 5.54. The van der Waals surface area contributed by atoms with Crippen molar-refractivity contribution in [1.82, 2.24) is 5.32 Å². The molecule has 0 radical (unpaired) electrons. The van der Waals surface area contributed by atoms with Gasteiger partial charge >= 0.3 is 0 Å². The summed E-state index contributed by atoms with van der Waals surface area (Å²) in [6, 6.07) is 7.49. The van der Waals surface area contributed by atoms with Gasteiger partial charge in [0.1, 0.15) is 0 Å². The van der Waals surface area contributed by atoms with Crippen LogP contribution in [0.4, 0.5) is 0 Å². The zero-order valence-electron chi connectivity index (χ0n) is 10.1. The molecule has 0 bridgehead atoms. The minimum absolute atomic E-state index is 0.0469. The molecule has 0 spiro atoms. The summed E-state index contributed by atoms with van der Waals surface area (Å²) >= 11 is 6.01. The van der Waals surface area contributed by atoms with Crippen LogP contribution in [0.3, 0.4) is 0 Å². The Morgan fingerprint density at radius 3 is 2.71 bits per heavy atom. The zero-order valence-corrected chi connectivity index (χ0v) is 10.8. The molecule has 0 saturated heterocycles. The van der Waals surface area contributed by atoms with Crippen LogP contribution in [0.25, 0.3) is 0 Å². The molecule has 1 N–H and O–H groups in total. The number of carbonyl (C=O) groups is 1. The van der Waals surface area contributed by atoms with Gasteiger partial charge < -0.3 is 5.32 Å². The summed E-state index contributed by atoms with van der Waals surface area (Å²) < 4.78 is 0. The lowest BCUT2D eigenvalue weighted by atomic mass is 9.86. The molecule has 1 aliphatic rings. The van der Waals surface area contributed by atoms with Gasteiger partial charge in [0.05, 0.1) is 10.6 Å². The largest absolute Gasteiger partial charge is 0.349 e. The first-order valence-electron chi connectivity index (χ1n) is 6.24. The van der Waals surface area contributed by atoms with Gasteiger partial charge in [-0.25, -0.2) is 0 Å². The highest BCUT2D eigenvalue weighted by atomic mass is 35.5. The molecule has 1 saturated carbocycles. The Morgan fingerprint density at radius 2 is 2.00 bits per heavy atom. The lowest BCUT2D eigenvalue weighted by Gasteiger charge is -2.29. The average Bonchev–Trinajstić information content (AvgIpc) is 2.32. The fraction of sp³-hybridized carbons (Fsp3) is 0.500. The summed E-state index contributed by atoms with van der Waals surface area (Å²) in [5, 5.41) is 3.62. The van der Waals surface area contributed by atoms with E-state index in [1.807, 2.05) is 12.1 Å². The van der Waals surface area contributed by atoms with E-state index in [0.717, 1.165) is 6.42 Å². The lowest BCUT2D eigenvalue weighted by molar-refractivity contribution is 0.0910. The van der Waals surface area contributed by atoms with E-state index < -0.39 is 0 Å². The summed E-state index contributed by atoms with van der Waals surface area (Å²) in [6.07, 6.45) is 4.77. The minimum atomic E-state index is -0.0469. The van der Waals surface area contributed by atoms with E-state index in [-0.39, 0.29) is 5.91 Å². The maximum absolute atomic E-state index is 12.1. The van der Waals surface area contributed by atoms with Crippen molar-refractivity contribution in [2.75, 3.05) is 0 Å².